The van der Waals surface area contributed by atoms with Gasteiger partial charge >= 0.3 is 0 Å². The van der Waals surface area contributed by atoms with E-state index in [1.807, 2.05) is 30.3 Å². The fraction of sp³-hybridized carbons (Fsp3) is 0.333. The highest BCUT2D eigenvalue weighted by Gasteiger charge is 2.09. The third-order valence-corrected chi connectivity index (χ3v) is 3.19. The van der Waals surface area contributed by atoms with Crippen molar-refractivity contribution in [1.82, 2.24) is 10.3 Å². The molecule has 0 radical (unpaired) electrons. The first kappa shape index (κ1) is 14.9. The van der Waals surface area contributed by atoms with E-state index >= 15 is 0 Å². The van der Waals surface area contributed by atoms with Crippen LogP contribution in [0.3, 0.4) is 0 Å². The van der Waals surface area contributed by atoms with Crippen LogP contribution in [0.5, 0.6) is 0 Å². The number of amides is 1. The van der Waals surface area contributed by atoms with E-state index in [-0.39, 0.29) is 5.91 Å². The lowest BCUT2D eigenvalue weighted by atomic mass is 10.1. The van der Waals surface area contributed by atoms with Crippen LogP contribution in [0.1, 0.15) is 16.8 Å². The normalized spacial score (nSPS) is 10.7. The molecule has 1 N–H and O–H groups in total. The standard InChI is InChI=1S/C15H17BrN2O2/c16-7-11-20-10-3-9-18-15(19)13-4-1-6-14-12(13)5-2-8-17-14/h1-2,4-6,8H,3,7,9-11H2,(H,18,19). The van der Waals surface area contributed by atoms with E-state index in [9.17, 15) is 4.79 Å². The Labute approximate surface area is 126 Å². The molecule has 0 atom stereocenters. The molecule has 0 aliphatic heterocycles. The maximum absolute atomic E-state index is 12.2. The zero-order chi connectivity index (χ0) is 14.2. The van der Waals surface area contributed by atoms with Crippen molar-refractivity contribution in [3.05, 3.63) is 42.1 Å². The molecule has 0 unspecified atom stereocenters. The zero-order valence-electron chi connectivity index (χ0n) is 11.1. The van der Waals surface area contributed by atoms with Crippen molar-refractivity contribution < 1.29 is 9.53 Å². The predicted molar refractivity (Wildman–Crippen MR) is 83.3 cm³/mol. The number of fused-ring (bicyclic) bond motifs is 1. The SMILES string of the molecule is O=C(NCCCOCCBr)c1cccc2ncccc12. The van der Waals surface area contributed by atoms with Crippen molar-refractivity contribution in [3.8, 4) is 0 Å². The highest BCUT2D eigenvalue weighted by molar-refractivity contribution is 9.09. The average Bonchev–Trinajstić information content (AvgIpc) is 2.50. The fourth-order valence-electron chi connectivity index (χ4n) is 1.93. The number of aromatic nitrogens is 1. The van der Waals surface area contributed by atoms with Crippen LogP contribution in [-0.2, 0) is 4.74 Å². The van der Waals surface area contributed by atoms with Crippen molar-refractivity contribution in [2.24, 2.45) is 0 Å². The smallest absolute Gasteiger partial charge is 0.251 e. The summed E-state index contributed by atoms with van der Waals surface area (Å²) >= 11 is 3.29. The molecular formula is C15H17BrN2O2. The van der Waals surface area contributed by atoms with Crippen LogP contribution in [-0.4, -0.2) is 36.0 Å². The Bertz CT molecular complexity index is 569. The summed E-state index contributed by atoms with van der Waals surface area (Å²) in [6.45, 7) is 1.96. The highest BCUT2D eigenvalue weighted by Crippen LogP contribution is 2.16. The molecule has 20 heavy (non-hydrogen) atoms. The van der Waals surface area contributed by atoms with Crippen LogP contribution in [0.25, 0.3) is 10.9 Å². The van der Waals surface area contributed by atoms with Crippen LogP contribution in [0.15, 0.2) is 36.5 Å². The summed E-state index contributed by atoms with van der Waals surface area (Å²) in [7, 11) is 0. The summed E-state index contributed by atoms with van der Waals surface area (Å²) in [5, 5.41) is 4.62. The summed E-state index contributed by atoms with van der Waals surface area (Å²) < 4.78 is 5.33. The average molecular weight is 337 g/mol. The second kappa shape index (κ2) is 7.97. The van der Waals surface area contributed by atoms with Gasteiger partial charge in [-0.05, 0) is 24.6 Å². The van der Waals surface area contributed by atoms with Crippen molar-refractivity contribution in [2.75, 3.05) is 25.1 Å². The quantitative estimate of drug-likeness (QED) is 0.624. The Morgan fingerprint density at radius 1 is 1.25 bits per heavy atom. The van der Waals surface area contributed by atoms with Gasteiger partial charge in [0.15, 0.2) is 0 Å². The van der Waals surface area contributed by atoms with E-state index in [0.29, 0.717) is 25.3 Å². The first-order valence-corrected chi connectivity index (χ1v) is 7.70. The number of halogens is 1. The number of nitrogens with one attached hydrogen (secondary N) is 1. The molecule has 4 nitrogen and oxygen atoms in total. The Kier molecular flexibility index (Phi) is 5.95. The Balaban J connectivity index is 1.91. The molecule has 0 fully saturated rings. The molecule has 0 saturated heterocycles. The number of benzene rings is 1. The van der Waals surface area contributed by atoms with E-state index in [1.165, 1.54) is 0 Å². The lowest BCUT2D eigenvalue weighted by molar-refractivity contribution is 0.0946. The Hall–Kier alpha value is -1.46. The van der Waals surface area contributed by atoms with Gasteiger partial charge in [0.1, 0.15) is 0 Å². The van der Waals surface area contributed by atoms with Crippen molar-refractivity contribution >= 4 is 32.7 Å². The van der Waals surface area contributed by atoms with Crippen LogP contribution in [0.2, 0.25) is 0 Å². The van der Waals surface area contributed by atoms with E-state index in [1.54, 1.807) is 6.20 Å². The number of alkyl halides is 1. The van der Waals surface area contributed by atoms with Gasteiger partial charge in [-0.1, -0.05) is 28.1 Å². The third kappa shape index (κ3) is 4.02. The molecule has 0 aliphatic rings. The second-order valence-corrected chi connectivity index (χ2v) is 5.08. The monoisotopic (exact) mass is 336 g/mol. The Morgan fingerprint density at radius 3 is 3.00 bits per heavy atom. The van der Waals surface area contributed by atoms with Crippen molar-refractivity contribution in [2.45, 2.75) is 6.42 Å². The van der Waals surface area contributed by atoms with E-state index in [0.717, 1.165) is 22.7 Å². The van der Waals surface area contributed by atoms with Gasteiger partial charge < -0.3 is 10.1 Å². The number of carbonyl (C=O) groups excluding carboxylic acids is 1. The maximum Gasteiger partial charge on any atom is 0.251 e. The van der Waals surface area contributed by atoms with Crippen molar-refractivity contribution in [3.63, 3.8) is 0 Å². The van der Waals surface area contributed by atoms with Crippen molar-refractivity contribution in [1.29, 1.82) is 0 Å². The summed E-state index contributed by atoms with van der Waals surface area (Å²) in [4.78, 5) is 16.4. The number of hydrogen-bond acceptors (Lipinski definition) is 3. The molecule has 1 heterocycles. The third-order valence-electron chi connectivity index (χ3n) is 2.86. The summed E-state index contributed by atoms with van der Waals surface area (Å²) in [6, 6.07) is 9.33. The largest absolute Gasteiger partial charge is 0.381 e. The first-order chi connectivity index (χ1) is 9.83. The zero-order valence-corrected chi connectivity index (χ0v) is 12.7. The minimum Gasteiger partial charge on any atom is -0.381 e. The Morgan fingerprint density at radius 2 is 2.15 bits per heavy atom. The van der Waals surface area contributed by atoms with E-state index in [4.69, 9.17) is 4.74 Å². The summed E-state index contributed by atoms with van der Waals surface area (Å²) in [5.74, 6) is -0.0657. The molecule has 1 aromatic heterocycles. The van der Waals surface area contributed by atoms with E-state index < -0.39 is 0 Å². The second-order valence-electron chi connectivity index (χ2n) is 4.29. The molecule has 1 aromatic carbocycles. The topological polar surface area (TPSA) is 51.2 Å². The van der Waals surface area contributed by atoms with Gasteiger partial charge in [-0.15, -0.1) is 0 Å². The first-order valence-electron chi connectivity index (χ1n) is 6.58. The molecular weight excluding hydrogens is 320 g/mol. The molecule has 106 valence electrons. The van der Waals surface area contributed by atoms with Crippen LogP contribution in [0.4, 0.5) is 0 Å². The number of hydrogen-bond donors (Lipinski definition) is 1. The van der Waals surface area contributed by atoms with Gasteiger partial charge in [0.25, 0.3) is 5.91 Å². The lowest BCUT2D eigenvalue weighted by Crippen LogP contribution is -2.25. The molecule has 5 heteroatoms. The number of ether oxygens (including phenoxy) is 1. The summed E-state index contributed by atoms with van der Waals surface area (Å²) in [6.07, 6.45) is 2.53. The maximum atomic E-state index is 12.2. The van der Waals surface area contributed by atoms with Gasteiger partial charge in [-0.2, -0.15) is 0 Å². The minimum absolute atomic E-state index is 0.0657. The molecule has 0 bridgehead atoms. The highest BCUT2D eigenvalue weighted by atomic mass is 79.9. The molecule has 2 rings (SSSR count). The molecule has 0 saturated carbocycles. The van der Waals surface area contributed by atoms with Crippen LogP contribution in [0, 0.1) is 0 Å². The van der Waals surface area contributed by atoms with Crippen LogP contribution >= 0.6 is 15.9 Å². The van der Waals surface area contributed by atoms with E-state index in [2.05, 4.69) is 26.2 Å². The molecule has 0 aliphatic carbocycles. The number of carbonyl (C=O) groups is 1. The van der Waals surface area contributed by atoms with Gasteiger partial charge in [0.2, 0.25) is 0 Å². The molecule has 0 spiro atoms. The van der Waals surface area contributed by atoms with Gasteiger partial charge in [-0.25, -0.2) is 0 Å². The van der Waals surface area contributed by atoms with Crippen LogP contribution < -0.4 is 5.32 Å². The number of nitrogens with zero attached hydrogens (tertiary/aromatic N) is 1. The minimum atomic E-state index is -0.0657. The molecule has 2 aromatic rings. The van der Waals surface area contributed by atoms with Gasteiger partial charge in [0, 0.05) is 35.6 Å². The number of rotatable bonds is 7. The van der Waals surface area contributed by atoms with Gasteiger partial charge in [0.05, 0.1) is 12.1 Å². The number of pyridine rings is 1. The summed E-state index contributed by atoms with van der Waals surface area (Å²) in [5.41, 5.74) is 1.50. The predicted octanol–water partition coefficient (Wildman–Crippen LogP) is 2.77. The molecule has 1 amide bonds. The lowest BCUT2D eigenvalue weighted by Gasteiger charge is -2.07. The fourth-order valence-corrected chi connectivity index (χ4v) is 2.16. The van der Waals surface area contributed by atoms with Gasteiger partial charge in [-0.3, -0.25) is 9.78 Å².